The van der Waals surface area contributed by atoms with Crippen LogP contribution >= 0.6 is 0 Å². The molecule has 0 saturated carbocycles. The molecule has 0 saturated heterocycles. The summed E-state index contributed by atoms with van der Waals surface area (Å²) in [6, 6.07) is 13.6. The summed E-state index contributed by atoms with van der Waals surface area (Å²) < 4.78 is 15.6. The summed E-state index contributed by atoms with van der Waals surface area (Å²) in [5.74, 6) is 2.25. The summed E-state index contributed by atoms with van der Waals surface area (Å²) >= 11 is 0. The van der Waals surface area contributed by atoms with Gasteiger partial charge in [0.15, 0.2) is 11.5 Å². The lowest BCUT2D eigenvalue weighted by atomic mass is 10.1. The third-order valence-electron chi connectivity index (χ3n) is 3.98. The van der Waals surface area contributed by atoms with Crippen LogP contribution in [0.2, 0.25) is 0 Å². The first kappa shape index (κ1) is 18.6. The first-order chi connectivity index (χ1) is 12.2. The summed E-state index contributed by atoms with van der Waals surface area (Å²) in [5.41, 5.74) is 2.21. The first-order valence-corrected chi connectivity index (χ1v) is 8.26. The molecule has 0 heterocycles. The topological polar surface area (TPSA) is 56.8 Å². The fraction of sp³-hybridized carbons (Fsp3) is 0.350. The fourth-order valence-electron chi connectivity index (χ4n) is 2.52. The molecule has 2 rings (SSSR count). The van der Waals surface area contributed by atoms with E-state index >= 15 is 0 Å². The molecule has 0 atom stereocenters. The second kappa shape index (κ2) is 9.57. The average Bonchev–Trinajstić information content (AvgIpc) is 2.66. The van der Waals surface area contributed by atoms with Gasteiger partial charge in [-0.05, 0) is 48.2 Å². The third-order valence-corrected chi connectivity index (χ3v) is 3.98. The molecule has 2 aromatic carbocycles. The lowest BCUT2D eigenvalue weighted by Gasteiger charge is -2.10. The smallest absolute Gasteiger partial charge is 0.220 e. The van der Waals surface area contributed by atoms with E-state index in [1.54, 1.807) is 21.3 Å². The number of nitrogens with one attached hydrogen (secondary N) is 1. The van der Waals surface area contributed by atoms with E-state index in [-0.39, 0.29) is 5.91 Å². The van der Waals surface area contributed by atoms with Gasteiger partial charge in [0.25, 0.3) is 0 Å². The minimum Gasteiger partial charge on any atom is -0.497 e. The predicted octanol–water partition coefficient (Wildman–Crippen LogP) is 3.00. The summed E-state index contributed by atoms with van der Waals surface area (Å²) in [6.07, 6.45) is 1.90. The number of hydrogen-bond acceptors (Lipinski definition) is 4. The van der Waals surface area contributed by atoms with Crippen LogP contribution in [0.25, 0.3) is 0 Å². The molecule has 0 spiro atoms. The van der Waals surface area contributed by atoms with Crippen molar-refractivity contribution in [1.29, 1.82) is 0 Å². The number of benzene rings is 2. The summed E-state index contributed by atoms with van der Waals surface area (Å²) in [7, 11) is 4.86. The highest BCUT2D eigenvalue weighted by molar-refractivity contribution is 5.76. The first-order valence-electron chi connectivity index (χ1n) is 8.26. The zero-order valence-corrected chi connectivity index (χ0v) is 15.0. The minimum absolute atomic E-state index is 0.0447. The molecule has 1 amide bonds. The lowest BCUT2D eigenvalue weighted by molar-refractivity contribution is -0.121. The molecule has 0 aliphatic heterocycles. The van der Waals surface area contributed by atoms with Crippen LogP contribution in [-0.2, 0) is 17.6 Å². The van der Waals surface area contributed by atoms with Crippen LogP contribution in [-0.4, -0.2) is 33.8 Å². The van der Waals surface area contributed by atoms with Gasteiger partial charge in [0.1, 0.15) is 5.75 Å². The van der Waals surface area contributed by atoms with Gasteiger partial charge in [-0.1, -0.05) is 18.2 Å². The van der Waals surface area contributed by atoms with Crippen LogP contribution in [0.15, 0.2) is 42.5 Å². The quantitative estimate of drug-likeness (QED) is 0.760. The Morgan fingerprint density at radius 2 is 1.52 bits per heavy atom. The van der Waals surface area contributed by atoms with Crippen LogP contribution in [0.5, 0.6) is 17.2 Å². The van der Waals surface area contributed by atoms with Gasteiger partial charge in [-0.3, -0.25) is 4.79 Å². The molecule has 0 aliphatic carbocycles. The molecule has 25 heavy (non-hydrogen) atoms. The van der Waals surface area contributed by atoms with Gasteiger partial charge in [-0.2, -0.15) is 0 Å². The van der Waals surface area contributed by atoms with E-state index in [2.05, 4.69) is 5.32 Å². The average molecular weight is 343 g/mol. The molecule has 0 radical (unpaired) electrons. The number of carbonyl (C=O) groups excluding carboxylic acids is 1. The molecule has 1 N–H and O–H groups in total. The lowest BCUT2D eigenvalue weighted by Crippen LogP contribution is -2.25. The van der Waals surface area contributed by atoms with Gasteiger partial charge in [0, 0.05) is 13.0 Å². The van der Waals surface area contributed by atoms with Crippen LogP contribution in [0, 0.1) is 0 Å². The molecule has 0 bridgehead atoms. The summed E-state index contributed by atoms with van der Waals surface area (Å²) in [5, 5.41) is 2.96. The second-order valence-corrected chi connectivity index (χ2v) is 5.64. The van der Waals surface area contributed by atoms with Crippen molar-refractivity contribution in [2.45, 2.75) is 19.3 Å². The Morgan fingerprint density at radius 3 is 2.16 bits per heavy atom. The van der Waals surface area contributed by atoms with Crippen LogP contribution in [0.3, 0.4) is 0 Å². The van der Waals surface area contributed by atoms with Gasteiger partial charge >= 0.3 is 0 Å². The Hall–Kier alpha value is -2.69. The molecule has 2 aromatic rings. The van der Waals surface area contributed by atoms with Crippen molar-refractivity contribution in [2.75, 3.05) is 27.9 Å². The SMILES string of the molecule is COc1ccc(CCNC(=O)CCc2ccc(OC)c(OC)c2)cc1. The van der Waals surface area contributed by atoms with Gasteiger partial charge in [-0.15, -0.1) is 0 Å². The highest BCUT2D eigenvalue weighted by Gasteiger charge is 2.07. The van der Waals surface area contributed by atoms with Crippen molar-refractivity contribution in [3.63, 3.8) is 0 Å². The van der Waals surface area contributed by atoms with Gasteiger partial charge < -0.3 is 19.5 Å². The van der Waals surface area contributed by atoms with Gasteiger partial charge in [-0.25, -0.2) is 0 Å². The Morgan fingerprint density at radius 1 is 0.840 bits per heavy atom. The number of ether oxygens (including phenoxy) is 3. The zero-order chi connectivity index (χ0) is 18.1. The molecule has 5 nitrogen and oxygen atoms in total. The molecule has 0 fully saturated rings. The summed E-state index contributed by atoms with van der Waals surface area (Å²) in [4.78, 5) is 12.0. The standard InChI is InChI=1S/C20H25NO4/c1-23-17-8-4-15(5-9-17)12-13-21-20(22)11-7-16-6-10-18(24-2)19(14-16)25-3/h4-6,8-10,14H,7,11-13H2,1-3H3,(H,21,22). The maximum absolute atomic E-state index is 12.0. The molecule has 134 valence electrons. The second-order valence-electron chi connectivity index (χ2n) is 5.64. The molecule has 0 aliphatic rings. The van der Waals surface area contributed by atoms with E-state index < -0.39 is 0 Å². The van der Waals surface area contributed by atoms with Crippen molar-refractivity contribution < 1.29 is 19.0 Å². The monoisotopic (exact) mass is 343 g/mol. The van der Waals surface area contributed by atoms with Crippen LogP contribution < -0.4 is 19.5 Å². The summed E-state index contributed by atoms with van der Waals surface area (Å²) in [6.45, 7) is 0.622. The van der Waals surface area contributed by atoms with E-state index in [1.165, 1.54) is 5.56 Å². The number of hydrogen-bond donors (Lipinski definition) is 1. The van der Waals surface area contributed by atoms with Gasteiger partial charge in [0.2, 0.25) is 5.91 Å². The molecule has 5 heteroatoms. The number of rotatable bonds is 9. The van der Waals surface area contributed by atoms with Crippen molar-refractivity contribution >= 4 is 5.91 Å². The van der Waals surface area contributed by atoms with E-state index in [0.717, 1.165) is 17.7 Å². The highest BCUT2D eigenvalue weighted by atomic mass is 16.5. The number of carbonyl (C=O) groups is 1. The number of aryl methyl sites for hydroxylation is 1. The van der Waals surface area contributed by atoms with E-state index in [0.29, 0.717) is 30.9 Å². The van der Waals surface area contributed by atoms with E-state index in [4.69, 9.17) is 14.2 Å². The largest absolute Gasteiger partial charge is 0.497 e. The van der Waals surface area contributed by atoms with Crippen molar-refractivity contribution in [3.05, 3.63) is 53.6 Å². The zero-order valence-electron chi connectivity index (χ0n) is 15.0. The van der Waals surface area contributed by atoms with Gasteiger partial charge in [0.05, 0.1) is 21.3 Å². The minimum atomic E-state index is 0.0447. The van der Waals surface area contributed by atoms with E-state index in [9.17, 15) is 4.79 Å². The Balaban J connectivity index is 1.75. The van der Waals surface area contributed by atoms with Crippen molar-refractivity contribution in [3.8, 4) is 17.2 Å². The Kier molecular flexibility index (Phi) is 7.14. The van der Waals surface area contributed by atoms with Crippen LogP contribution in [0.1, 0.15) is 17.5 Å². The Bertz CT molecular complexity index is 683. The van der Waals surface area contributed by atoms with Crippen LogP contribution in [0.4, 0.5) is 0 Å². The fourth-order valence-corrected chi connectivity index (χ4v) is 2.52. The Labute approximate surface area is 148 Å². The third kappa shape index (κ3) is 5.71. The maximum atomic E-state index is 12.0. The number of amides is 1. The molecular formula is C20H25NO4. The molecular weight excluding hydrogens is 318 g/mol. The molecule has 0 aromatic heterocycles. The normalized spacial score (nSPS) is 10.2. The van der Waals surface area contributed by atoms with Crippen molar-refractivity contribution in [2.24, 2.45) is 0 Å². The van der Waals surface area contributed by atoms with Crippen molar-refractivity contribution in [1.82, 2.24) is 5.32 Å². The van der Waals surface area contributed by atoms with E-state index in [1.807, 2.05) is 42.5 Å². The maximum Gasteiger partial charge on any atom is 0.220 e. The molecule has 0 unspecified atom stereocenters. The highest BCUT2D eigenvalue weighted by Crippen LogP contribution is 2.27. The predicted molar refractivity (Wildman–Crippen MR) is 97.6 cm³/mol. The number of methoxy groups -OCH3 is 3.